The first-order valence-corrected chi connectivity index (χ1v) is 12.7. The van der Waals surface area contributed by atoms with Gasteiger partial charge in [-0.2, -0.15) is 0 Å². The Labute approximate surface area is 182 Å². The van der Waals surface area contributed by atoms with Crippen molar-refractivity contribution in [3.8, 4) is 0 Å². The molecule has 0 amide bonds. The number of hydrogen-bond donors (Lipinski definition) is 3. The van der Waals surface area contributed by atoms with E-state index in [0.717, 1.165) is 38.5 Å². The molecule has 0 aromatic heterocycles. The van der Waals surface area contributed by atoms with Crippen molar-refractivity contribution in [1.29, 1.82) is 0 Å². The minimum Gasteiger partial charge on any atom is -0.393 e. The lowest BCUT2D eigenvalue weighted by Crippen LogP contribution is -2.69. The fourth-order valence-corrected chi connectivity index (χ4v) is 10.4. The lowest BCUT2D eigenvalue weighted by molar-refractivity contribution is -0.272. The summed E-state index contributed by atoms with van der Waals surface area (Å²) >= 11 is 0. The van der Waals surface area contributed by atoms with Crippen LogP contribution in [0.4, 0.5) is 0 Å². The highest BCUT2D eigenvalue weighted by molar-refractivity contribution is 5.23. The van der Waals surface area contributed by atoms with Gasteiger partial charge in [0.15, 0.2) is 6.29 Å². The Bertz CT molecular complexity index is 711. The third kappa shape index (κ3) is 2.28. The van der Waals surface area contributed by atoms with Crippen molar-refractivity contribution in [2.24, 2.45) is 52.3 Å². The standard InChI is InChI=1S/C26H44O4/c1-14-16(3)25(29)13-18(27)7-10-23(25,5)19-8-11-24(6)22(21(14)19)15(2)17(4)26(24)12-9-20(28)30-26/h14-22,27-29H,7-13H2,1-6H3/t14-,15+,16+,17-,18-,19?,20?,21?,22-,23+,24-,25+,26-/m0/s1. The second-order valence-electron chi connectivity index (χ2n) is 12.7. The molecule has 13 atom stereocenters. The van der Waals surface area contributed by atoms with Crippen LogP contribution in [0.3, 0.4) is 0 Å². The van der Waals surface area contributed by atoms with Gasteiger partial charge in [-0.15, -0.1) is 0 Å². The Morgan fingerprint density at radius 3 is 2.10 bits per heavy atom. The topological polar surface area (TPSA) is 69.9 Å². The van der Waals surface area contributed by atoms with Crippen LogP contribution in [0.2, 0.25) is 0 Å². The molecule has 5 aliphatic rings. The van der Waals surface area contributed by atoms with Crippen molar-refractivity contribution in [2.45, 2.75) is 110 Å². The van der Waals surface area contributed by atoms with Gasteiger partial charge in [-0.1, -0.05) is 41.5 Å². The summed E-state index contributed by atoms with van der Waals surface area (Å²) in [5, 5.41) is 32.9. The monoisotopic (exact) mass is 420 g/mol. The zero-order valence-corrected chi connectivity index (χ0v) is 19.9. The zero-order chi connectivity index (χ0) is 21.9. The third-order valence-corrected chi connectivity index (χ3v) is 12.3. The Hall–Kier alpha value is -0.160. The maximum atomic E-state index is 12.0. The number of ether oxygens (including phenoxy) is 1. The van der Waals surface area contributed by atoms with Crippen molar-refractivity contribution in [3.63, 3.8) is 0 Å². The molecule has 4 aliphatic carbocycles. The van der Waals surface area contributed by atoms with E-state index in [1.807, 2.05) is 0 Å². The summed E-state index contributed by atoms with van der Waals surface area (Å²) in [5.41, 5.74) is -1.02. The SMILES string of the molecule is C[C@H]1[C@H]2C3C(CC[C@]2(C)[C@]2(CCC(O)O2)[C@H]1C)[C@@]1(C)CC[C@H](O)C[C@@]1(O)[C@H](C)[C@@H]3C. The van der Waals surface area contributed by atoms with Crippen molar-refractivity contribution in [1.82, 2.24) is 0 Å². The van der Waals surface area contributed by atoms with E-state index < -0.39 is 11.9 Å². The molecule has 0 radical (unpaired) electrons. The van der Waals surface area contributed by atoms with Crippen molar-refractivity contribution >= 4 is 0 Å². The Balaban J connectivity index is 1.60. The Kier molecular flexibility index (Phi) is 4.66. The molecule has 172 valence electrons. The molecule has 1 spiro atoms. The molecule has 3 unspecified atom stereocenters. The zero-order valence-electron chi connectivity index (χ0n) is 19.9. The molecular formula is C26H44O4. The molecule has 5 rings (SSSR count). The quantitative estimate of drug-likeness (QED) is 0.545. The van der Waals surface area contributed by atoms with Crippen molar-refractivity contribution < 1.29 is 20.1 Å². The van der Waals surface area contributed by atoms with Crippen LogP contribution in [0, 0.1) is 52.3 Å². The van der Waals surface area contributed by atoms with Gasteiger partial charge in [0.1, 0.15) is 0 Å². The molecule has 4 saturated carbocycles. The Morgan fingerprint density at radius 1 is 0.800 bits per heavy atom. The van der Waals surface area contributed by atoms with E-state index in [1.165, 1.54) is 0 Å². The van der Waals surface area contributed by atoms with Crippen LogP contribution in [-0.4, -0.2) is 38.9 Å². The van der Waals surface area contributed by atoms with E-state index >= 15 is 0 Å². The van der Waals surface area contributed by atoms with E-state index in [9.17, 15) is 15.3 Å². The summed E-state index contributed by atoms with van der Waals surface area (Å²) in [6.45, 7) is 14.2. The minimum absolute atomic E-state index is 0.0818. The first-order chi connectivity index (χ1) is 13.9. The molecule has 3 N–H and O–H groups in total. The van der Waals surface area contributed by atoms with Gasteiger partial charge in [0.05, 0.1) is 17.3 Å². The molecule has 30 heavy (non-hydrogen) atoms. The molecule has 0 bridgehead atoms. The predicted molar refractivity (Wildman–Crippen MR) is 116 cm³/mol. The van der Waals surface area contributed by atoms with Gasteiger partial charge in [-0.25, -0.2) is 0 Å². The number of fused-ring (bicyclic) bond motifs is 6. The van der Waals surface area contributed by atoms with Gasteiger partial charge in [0.2, 0.25) is 0 Å². The first kappa shape index (κ1) is 21.7. The molecule has 0 aromatic rings. The van der Waals surface area contributed by atoms with Gasteiger partial charge >= 0.3 is 0 Å². The van der Waals surface area contributed by atoms with Gasteiger partial charge < -0.3 is 20.1 Å². The van der Waals surface area contributed by atoms with Gasteiger partial charge in [0, 0.05) is 18.3 Å². The number of aliphatic hydroxyl groups is 3. The summed E-state index contributed by atoms with van der Waals surface area (Å²) in [7, 11) is 0. The average Bonchev–Trinajstić information content (AvgIpc) is 3.16. The van der Waals surface area contributed by atoms with Crippen LogP contribution in [0.15, 0.2) is 0 Å². The summed E-state index contributed by atoms with van der Waals surface area (Å²) in [5.74, 6) is 3.20. The Morgan fingerprint density at radius 2 is 1.47 bits per heavy atom. The molecule has 1 heterocycles. The molecule has 1 saturated heterocycles. The fraction of sp³-hybridized carbons (Fsp3) is 1.00. The third-order valence-electron chi connectivity index (χ3n) is 12.3. The molecular weight excluding hydrogens is 376 g/mol. The van der Waals surface area contributed by atoms with E-state index in [2.05, 4.69) is 41.5 Å². The van der Waals surface area contributed by atoms with Crippen molar-refractivity contribution in [2.75, 3.05) is 0 Å². The van der Waals surface area contributed by atoms with Gasteiger partial charge in [-0.3, -0.25) is 0 Å². The smallest absolute Gasteiger partial charge is 0.155 e. The van der Waals surface area contributed by atoms with Crippen LogP contribution in [-0.2, 0) is 4.74 Å². The summed E-state index contributed by atoms with van der Waals surface area (Å²) < 4.78 is 6.45. The van der Waals surface area contributed by atoms with E-state index in [0.29, 0.717) is 41.9 Å². The van der Waals surface area contributed by atoms with Crippen LogP contribution in [0.5, 0.6) is 0 Å². The van der Waals surface area contributed by atoms with Gasteiger partial charge in [0.25, 0.3) is 0 Å². The van der Waals surface area contributed by atoms with Crippen LogP contribution < -0.4 is 0 Å². The number of rotatable bonds is 0. The average molecular weight is 421 g/mol. The maximum Gasteiger partial charge on any atom is 0.155 e. The summed E-state index contributed by atoms with van der Waals surface area (Å²) in [6, 6.07) is 0. The van der Waals surface area contributed by atoms with Crippen molar-refractivity contribution in [3.05, 3.63) is 0 Å². The molecule has 1 aliphatic heterocycles. The number of hydrogen-bond acceptors (Lipinski definition) is 4. The highest BCUT2D eigenvalue weighted by Gasteiger charge is 2.74. The second-order valence-corrected chi connectivity index (χ2v) is 12.7. The summed E-state index contributed by atoms with van der Waals surface area (Å²) in [4.78, 5) is 0. The highest BCUT2D eigenvalue weighted by atomic mass is 16.6. The normalized spacial score (nSPS) is 65.3. The predicted octanol–water partition coefficient (Wildman–Crippen LogP) is 4.36. The molecule has 4 nitrogen and oxygen atoms in total. The van der Waals surface area contributed by atoms with E-state index in [4.69, 9.17) is 4.74 Å². The lowest BCUT2D eigenvalue weighted by Gasteiger charge is -2.68. The largest absolute Gasteiger partial charge is 0.393 e. The van der Waals surface area contributed by atoms with Gasteiger partial charge in [-0.05, 0) is 78.9 Å². The summed E-state index contributed by atoms with van der Waals surface area (Å²) in [6.07, 6.45) is 5.28. The van der Waals surface area contributed by atoms with Crippen LogP contribution >= 0.6 is 0 Å². The van der Waals surface area contributed by atoms with E-state index in [1.54, 1.807) is 0 Å². The highest BCUT2D eigenvalue weighted by Crippen LogP contribution is 2.75. The van der Waals surface area contributed by atoms with E-state index in [-0.39, 0.29) is 28.5 Å². The fourth-order valence-electron chi connectivity index (χ4n) is 10.4. The molecule has 0 aromatic carbocycles. The minimum atomic E-state index is -0.774. The van der Waals surface area contributed by atoms with Crippen LogP contribution in [0.1, 0.15) is 86.5 Å². The molecule has 5 fully saturated rings. The number of aliphatic hydroxyl groups excluding tert-OH is 2. The van der Waals surface area contributed by atoms with Crippen LogP contribution in [0.25, 0.3) is 0 Å². The first-order valence-electron chi connectivity index (χ1n) is 12.7. The lowest BCUT2D eigenvalue weighted by atomic mass is 9.38. The second kappa shape index (κ2) is 6.46. The maximum absolute atomic E-state index is 12.0. The molecule has 4 heteroatoms.